The molecule has 1 saturated carbocycles. The number of amides is 1. The van der Waals surface area contributed by atoms with E-state index in [0.717, 1.165) is 23.7 Å². The zero-order chi connectivity index (χ0) is 15.3. The Kier molecular flexibility index (Phi) is 3.93. The van der Waals surface area contributed by atoms with Crippen molar-refractivity contribution in [1.82, 2.24) is 10.3 Å². The minimum Gasteiger partial charge on any atom is -0.308 e. The summed E-state index contributed by atoms with van der Waals surface area (Å²) in [5, 5.41) is 6.60. The Hall–Kier alpha value is -0.430. The summed E-state index contributed by atoms with van der Waals surface area (Å²) in [6, 6.07) is 0. The van der Waals surface area contributed by atoms with Gasteiger partial charge in [-0.1, -0.05) is 0 Å². The summed E-state index contributed by atoms with van der Waals surface area (Å²) in [6.45, 7) is 1.73. The smallest absolute Gasteiger partial charge is 0.235 e. The average molecular weight is 364 g/mol. The normalized spacial score (nSPS) is 25.9. The quantitative estimate of drug-likeness (QED) is 0.624. The number of nitrogens with zero attached hydrogens (tertiary/aromatic N) is 1. The van der Waals surface area contributed by atoms with Crippen molar-refractivity contribution in [3.63, 3.8) is 0 Å². The van der Waals surface area contributed by atoms with E-state index >= 15 is 0 Å². The number of hydrogen-bond acceptors (Lipinski definition) is 4. The predicted octanol–water partition coefficient (Wildman–Crippen LogP) is 3.42. The second-order valence-electron chi connectivity index (χ2n) is 5.72. The number of halogens is 2. The lowest BCUT2D eigenvalue weighted by molar-refractivity contribution is -0.124. The van der Waals surface area contributed by atoms with E-state index in [-0.39, 0.29) is 11.0 Å². The van der Waals surface area contributed by atoms with Gasteiger partial charge in [0.2, 0.25) is 5.91 Å². The third kappa shape index (κ3) is 2.91. The molecule has 2 N–H and O–H groups in total. The van der Waals surface area contributed by atoms with Crippen LogP contribution in [-0.2, 0) is 17.6 Å². The van der Waals surface area contributed by atoms with Crippen LogP contribution in [0.25, 0.3) is 0 Å². The van der Waals surface area contributed by atoms with Crippen molar-refractivity contribution in [3.05, 3.63) is 10.6 Å². The number of nitrogens with one attached hydrogen (secondary N) is 2. The fourth-order valence-electron chi connectivity index (χ4n) is 2.42. The van der Waals surface area contributed by atoms with Gasteiger partial charge in [0.1, 0.15) is 4.33 Å². The molecule has 3 rings (SSSR count). The topological polar surface area (TPSA) is 54.0 Å². The van der Waals surface area contributed by atoms with Crippen LogP contribution in [0.1, 0.15) is 36.8 Å². The molecule has 2 aliphatic rings. The molecule has 8 heteroatoms. The number of thiocarbonyl (C=S) groups is 1. The molecule has 21 heavy (non-hydrogen) atoms. The molecule has 1 heterocycles. The molecule has 2 aliphatic carbocycles. The predicted molar refractivity (Wildman–Crippen MR) is 90.3 cm³/mol. The summed E-state index contributed by atoms with van der Waals surface area (Å²) in [4.78, 5) is 17.9. The molecule has 114 valence electrons. The zero-order valence-corrected chi connectivity index (χ0v) is 14.6. The molecule has 1 unspecified atom stereocenters. The van der Waals surface area contributed by atoms with Gasteiger partial charge in [0, 0.05) is 4.88 Å². The molecule has 0 saturated heterocycles. The Morgan fingerprint density at radius 2 is 2.05 bits per heavy atom. The second-order valence-corrected chi connectivity index (χ2v) is 8.69. The molecular weight excluding hydrogens is 349 g/mol. The van der Waals surface area contributed by atoms with E-state index in [1.807, 2.05) is 0 Å². The number of fused-ring (bicyclic) bond motifs is 1. The van der Waals surface area contributed by atoms with Gasteiger partial charge in [0.05, 0.1) is 11.1 Å². The summed E-state index contributed by atoms with van der Waals surface area (Å²) in [5.74, 6) is -0.258. The molecule has 1 amide bonds. The first-order valence-electron chi connectivity index (χ1n) is 6.81. The lowest BCUT2D eigenvalue weighted by Crippen LogP contribution is -2.40. The van der Waals surface area contributed by atoms with Crippen LogP contribution in [-0.4, -0.2) is 20.3 Å². The van der Waals surface area contributed by atoms with E-state index in [1.54, 1.807) is 18.3 Å². The molecule has 4 nitrogen and oxygen atoms in total. The second kappa shape index (κ2) is 5.33. The highest BCUT2D eigenvalue weighted by atomic mass is 35.5. The zero-order valence-electron chi connectivity index (χ0n) is 11.5. The van der Waals surface area contributed by atoms with Gasteiger partial charge in [0.25, 0.3) is 0 Å². The van der Waals surface area contributed by atoms with Crippen molar-refractivity contribution in [2.45, 2.75) is 43.4 Å². The third-order valence-corrected chi connectivity index (χ3v) is 6.43. The number of alkyl halides is 2. The van der Waals surface area contributed by atoms with Gasteiger partial charge < -0.3 is 10.6 Å². The highest BCUT2D eigenvalue weighted by Crippen LogP contribution is 2.63. The van der Waals surface area contributed by atoms with Crippen molar-refractivity contribution >= 4 is 62.9 Å². The lowest BCUT2D eigenvalue weighted by atomic mass is 10.0. The maximum absolute atomic E-state index is 12.1. The van der Waals surface area contributed by atoms with Crippen LogP contribution in [0.5, 0.6) is 0 Å². The van der Waals surface area contributed by atoms with Crippen LogP contribution in [0, 0.1) is 5.41 Å². The lowest BCUT2D eigenvalue weighted by Gasteiger charge is -2.13. The van der Waals surface area contributed by atoms with Gasteiger partial charge in [0.15, 0.2) is 10.2 Å². The Morgan fingerprint density at radius 3 is 2.67 bits per heavy atom. The summed E-state index contributed by atoms with van der Waals surface area (Å²) < 4.78 is -0.993. The number of carbonyl (C=O) groups excluding carboxylic acids is 1. The number of rotatable bonds is 2. The largest absolute Gasteiger partial charge is 0.308 e. The van der Waals surface area contributed by atoms with Gasteiger partial charge in [-0.25, -0.2) is 4.98 Å². The summed E-state index contributed by atoms with van der Waals surface area (Å²) >= 11 is 18.7. The Bertz CT molecular complexity index is 593. The number of anilines is 1. The van der Waals surface area contributed by atoms with E-state index in [1.165, 1.54) is 17.7 Å². The summed E-state index contributed by atoms with van der Waals surface area (Å²) in [7, 11) is 0. The molecule has 0 spiro atoms. The number of aromatic nitrogens is 1. The Balaban J connectivity index is 1.60. The van der Waals surface area contributed by atoms with Crippen molar-refractivity contribution in [3.8, 4) is 0 Å². The van der Waals surface area contributed by atoms with Crippen LogP contribution < -0.4 is 10.6 Å². The van der Waals surface area contributed by atoms with Crippen molar-refractivity contribution in [2.24, 2.45) is 5.41 Å². The molecule has 1 aromatic heterocycles. The summed E-state index contributed by atoms with van der Waals surface area (Å²) in [5.41, 5.74) is 0.377. The van der Waals surface area contributed by atoms with Crippen LogP contribution in [0.15, 0.2) is 0 Å². The minimum absolute atomic E-state index is 0.239. The van der Waals surface area contributed by atoms with E-state index in [0.29, 0.717) is 6.42 Å². The molecule has 1 fully saturated rings. The first-order chi connectivity index (χ1) is 9.82. The van der Waals surface area contributed by atoms with Gasteiger partial charge >= 0.3 is 0 Å². The molecule has 0 aromatic carbocycles. The SMILES string of the molecule is CC1(C(=O)NC(=S)Nc2nc3c(s2)CCCC3)CC1(Cl)Cl. The van der Waals surface area contributed by atoms with Crippen LogP contribution in [0.2, 0.25) is 0 Å². The Morgan fingerprint density at radius 1 is 1.38 bits per heavy atom. The number of aryl methyl sites for hydroxylation is 2. The summed E-state index contributed by atoms with van der Waals surface area (Å²) in [6.07, 6.45) is 4.92. The molecule has 0 radical (unpaired) electrons. The maximum Gasteiger partial charge on any atom is 0.235 e. The first-order valence-corrected chi connectivity index (χ1v) is 8.79. The minimum atomic E-state index is -0.993. The first kappa shape index (κ1) is 15.5. The van der Waals surface area contributed by atoms with Crippen LogP contribution >= 0.6 is 46.8 Å². The number of carbonyl (C=O) groups is 1. The molecular formula is C13H15Cl2N3OS2. The number of thiazole rings is 1. The maximum atomic E-state index is 12.1. The fourth-order valence-corrected chi connectivity index (χ4v) is 4.44. The van der Waals surface area contributed by atoms with Gasteiger partial charge in [-0.05, 0) is 51.2 Å². The molecule has 1 aromatic rings. The van der Waals surface area contributed by atoms with Gasteiger partial charge in [-0.3, -0.25) is 4.79 Å². The van der Waals surface area contributed by atoms with Crippen molar-refractivity contribution in [2.75, 3.05) is 5.32 Å². The standard InChI is InChI=1S/C13H15Cl2N3OS2/c1-12(6-13(12,14)15)9(19)17-10(20)18-11-16-7-4-2-3-5-8(7)21-11/h2-6H2,1H3,(H2,16,17,18,19,20). The van der Waals surface area contributed by atoms with Gasteiger partial charge in [-0.2, -0.15) is 0 Å². The molecule has 1 atom stereocenters. The average Bonchev–Trinajstić information content (AvgIpc) is 2.76. The van der Waals surface area contributed by atoms with Crippen LogP contribution in [0.4, 0.5) is 5.13 Å². The van der Waals surface area contributed by atoms with E-state index in [9.17, 15) is 4.79 Å². The van der Waals surface area contributed by atoms with E-state index in [4.69, 9.17) is 35.4 Å². The van der Waals surface area contributed by atoms with Crippen LogP contribution in [0.3, 0.4) is 0 Å². The van der Waals surface area contributed by atoms with Crippen molar-refractivity contribution < 1.29 is 4.79 Å². The van der Waals surface area contributed by atoms with Gasteiger partial charge in [-0.15, -0.1) is 34.5 Å². The third-order valence-electron chi connectivity index (χ3n) is 4.05. The van der Waals surface area contributed by atoms with E-state index < -0.39 is 9.75 Å². The monoisotopic (exact) mass is 363 g/mol. The van der Waals surface area contributed by atoms with Crippen molar-refractivity contribution in [1.29, 1.82) is 0 Å². The highest BCUT2D eigenvalue weighted by Gasteiger charge is 2.68. The Labute approximate surface area is 142 Å². The fraction of sp³-hybridized carbons (Fsp3) is 0.615. The highest BCUT2D eigenvalue weighted by molar-refractivity contribution is 7.80. The number of hydrogen-bond donors (Lipinski definition) is 2. The molecule has 0 aliphatic heterocycles. The van der Waals surface area contributed by atoms with E-state index in [2.05, 4.69) is 15.6 Å². The molecule has 0 bridgehead atoms.